The SMILES string of the molecule is Fc1ccc(-n2cc(CN3CCC4(CCNC4)C3)nn2)c(Cl)c1. The van der Waals surface area contributed by atoms with Crippen molar-refractivity contribution in [3.05, 3.63) is 40.9 Å². The van der Waals surface area contributed by atoms with Crippen molar-refractivity contribution in [1.82, 2.24) is 25.2 Å². The molecular formula is C16H19ClFN5. The first-order valence-corrected chi connectivity index (χ1v) is 8.31. The van der Waals surface area contributed by atoms with Gasteiger partial charge < -0.3 is 5.32 Å². The van der Waals surface area contributed by atoms with Crippen molar-refractivity contribution in [3.8, 4) is 5.69 Å². The first-order valence-electron chi connectivity index (χ1n) is 7.93. The number of nitrogens with one attached hydrogen (secondary N) is 1. The number of rotatable bonds is 3. The highest BCUT2D eigenvalue weighted by molar-refractivity contribution is 6.32. The van der Waals surface area contributed by atoms with Gasteiger partial charge in [0.1, 0.15) is 5.82 Å². The van der Waals surface area contributed by atoms with E-state index in [4.69, 9.17) is 11.6 Å². The molecule has 7 heteroatoms. The Labute approximate surface area is 139 Å². The number of aromatic nitrogens is 3. The molecule has 1 unspecified atom stereocenters. The molecule has 0 aliphatic carbocycles. The van der Waals surface area contributed by atoms with Crippen molar-refractivity contribution < 1.29 is 4.39 Å². The number of hydrogen-bond acceptors (Lipinski definition) is 4. The lowest BCUT2D eigenvalue weighted by Gasteiger charge is -2.22. The molecule has 0 amide bonds. The molecule has 4 rings (SSSR count). The molecule has 2 saturated heterocycles. The van der Waals surface area contributed by atoms with Gasteiger partial charge in [0, 0.05) is 19.6 Å². The van der Waals surface area contributed by atoms with E-state index in [1.165, 1.54) is 25.0 Å². The molecule has 5 nitrogen and oxygen atoms in total. The van der Waals surface area contributed by atoms with Crippen LogP contribution in [-0.4, -0.2) is 46.1 Å². The van der Waals surface area contributed by atoms with Gasteiger partial charge in [0.25, 0.3) is 0 Å². The van der Waals surface area contributed by atoms with Crippen LogP contribution in [0, 0.1) is 11.2 Å². The second-order valence-electron chi connectivity index (χ2n) is 6.64. The lowest BCUT2D eigenvalue weighted by Crippen LogP contribution is -2.29. The number of hydrogen-bond donors (Lipinski definition) is 1. The van der Waals surface area contributed by atoms with Crippen LogP contribution in [0.5, 0.6) is 0 Å². The number of halogens is 2. The van der Waals surface area contributed by atoms with Crippen LogP contribution in [0.25, 0.3) is 5.69 Å². The zero-order valence-electron chi connectivity index (χ0n) is 12.8. The summed E-state index contributed by atoms with van der Waals surface area (Å²) in [6.07, 6.45) is 4.39. The Hall–Kier alpha value is -1.50. The molecule has 1 aromatic carbocycles. The minimum Gasteiger partial charge on any atom is -0.316 e. The molecular weight excluding hydrogens is 317 g/mol. The minimum absolute atomic E-state index is 0.332. The molecule has 2 aliphatic rings. The van der Waals surface area contributed by atoms with Crippen molar-refractivity contribution in [2.45, 2.75) is 19.4 Å². The van der Waals surface area contributed by atoms with E-state index in [0.29, 0.717) is 16.1 Å². The van der Waals surface area contributed by atoms with E-state index >= 15 is 0 Å². The summed E-state index contributed by atoms with van der Waals surface area (Å²) in [4.78, 5) is 2.44. The number of nitrogens with zero attached hydrogens (tertiary/aromatic N) is 4. The van der Waals surface area contributed by atoms with E-state index in [2.05, 4.69) is 20.5 Å². The molecule has 2 aliphatic heterocycles. The van der Waals surface area contributed by atoms with Gasteiger partial charge in [0.15, 0.2) is 0 Å². The molecule has 1 N–H and O–H groups in total. The summed E-state index contributed by atoms with van der Waals surface area (Å²) in [6, 6.07) is 4.28. The normalized spacial score (nSPS) is 24.8. The average Bonchev–Trinajstić information content (AvgIpc) is 3.24. The molecule has 1 aromatic heterocycles. The van der Waals surface area contributed by atoms with Crippen LogP contribution in [-0.2, 0) is 6.54 Å². The van der Waals surface area contributed by atoms with Crippen LogP contribution in [0.1, 0.15) is 18.5 Å². The fourth-order valence-electron chi connectivity index (χ4n) is 3.69. The quantitative estimate of drug-likeness (QED) is 0.934. The van der Waals surface area contributed by atoms with Gasteiger partial charge in [-0.1, -0.05) is 16.8 Å². The second-order valence-corrected chi connectivity index (χ2v) is 7.04. The Morgan fingerprint density at radius 1 is 1.35 bits per heavy atom. The van der Waals surface area contributed by atoms with Crippen LogP contribution in [0.2, 0.25) is 5.02 Å². The predicted octanol–water partition coefficient (Wildman–Crippen LogP) is 2.25. The molecule has 1 spiro atoms. The van der Waals surface area contributed by atoms with Crippen molar-refractivity contribution in [2.24, 2.45) is 5.41 Å². The standard InChI is InChI=1S/C16H19ClFN5/c17-14-7-12(18)1-2-15(14)23-9-13(20-21-23)8-22-6-4-16(11-22)3-5-19-10-16/h1-2,7,9,19H,3-6,8,10-11H2. The Morgan fingerprint density at radius 2 is 2.26 bits per heavy atom. The molecule has 1 atom stereocenters. The smallest absolute Gasteiger partial charge is 0.124 e. The Kier molecular flexibility index (Phi) is 3.83. The third-order valence-corrected chi connectivity index (χ3v) is 5.24. The van der Waals surface area contributed by atoms with Gasteiger partial charge >= 0.3 is 0 Å². The van der Waals surface area contributed by atoms with Crippen LogP contribution in [0.4, 0.5) is 4.39 Å². The van der Waals surface area contributed by atoms with E-state index in [-0.39, 0.29) is 5.82 Å². The lowest BCUT2D eigenvalue weighted by molar-refractivity contribution is 0.266. The zero-order valence-corrected chi connectivity index (χ0v) is 13.6. The Bertz CT molecular complexity index is 710. The van der Waals surface area contributed by atoms with E-state index in [1.807, 2.05) is 6.20 Å². The van der Waals surface area contributed by atoms with Crippen LogP contribution in [0.3, 0.4) is 0 Å². The van der Waals surface area contributed by atoms with Gasteiger partial charge in [-0.3, -0.25) is 4.90 Å². The first kappa shape index (κ1) is 15.1. The maximum Gasteiger partial charge on any atom is 0.124 e. The molecule has 2 aromatic rings. The Morgan fingerprint density at radius 3 is 3.04 bits per heavy atom. The van der Waals surface area contributed by atoms with Crippen molar-refractivity contribution in [3.63, 3.8) is 0 Å². The van der Waals surface area contributed by atoms with Crippen molar-refractivity contribution in [1.29, 1.82) is 0 Å². The summed E-state index contributed by atoms with van der Waals surface area (Å²) in [6.45, 7) is 5.27. The third kappa shape index (κ3) is 2.98. The minimum atomic E-state index is -0.355. The van der Waals surface area contributed by atoms with E-state index in [1.54, 1.807) is 10.7 Å². The summed E-state index contributed by atoms with van der Waals surface area (Å²) in [7, 11) is 0. The van der Waals surface area contributed by atoms with Crippen LogP contribution < -0.4 is 5.32 Å². The summed E-state index contributed by atoms with van der Waals surface area (Å²) < 4.78 is 14.8. The highest BCUT2D eigenvalue weighted by atomic mass is 35.5. The molecule has 0 saturated carbocycles. The molecule has 0 bridgehead atoms. The van der Waals surface area contributed by atoms with Gasteiger partial charge in [-0.25, -0.2) is 9.07 Å². The molecule has 122 valence electrons. The highest BCUT2D eigenvalue weighted by Gasteiger charge is 2.40. The monoisotopic (exact) mass is 335 g/mol. The zero-order chi connectivity index (χ0) is 15.9. The maximum absolute atomic E-state index is 13.1. The first-order chi connectivity index (χ1) is 11.1. The topological polar surface area (TPSA) is 46.0 Å². The largest absolute Gasteiger partial charge is 0.316 e. The third-order valence-electron chi connectivity index (χ3n) is 4.93. The Balaban J connectivity index is 1.46. The number of likely N-dealkylation sites (tertiary alicyclic amines) is 1. The number of benzene rings is 1. The van der Waals surface area contributed by atoms with Crippen molar-refractivity contribution >= 4 is 11.6 Å². The van der Waals surface area contributed by atoms with Crippen LogP contribution >= 0.6 is 11.6 Å². The summed E-state index contributed by atoms with van der Waals surface area (Å²) in [5, 5.41) is 12.2. The molecule has 3 heterocycles. The fourth-order valence-corrected chi connectivity index (χ4v) is 3.95. The molecule has 2 fully saturated rings. The van der Waals surface area contributed by atoms with Gasteiger partial charge in [-0.15, -0.1) is 5.10 Å². The van der Waals surface area contributed by atoms with E-state index < -0.39 is 0 Å². The van der Waals surface area contributed by atoms with Gasteiger partial charge in [0.2, 0.25) is 0 Å². The van der Waals surface area contributed by atoms with Crippen LogP contribution in [0.15, 0.2) is 24.4 Å². The van der Waals surface area contributed by atoms with Gasteiger partial charge in [-0.05, 0) is 49.5 Å². The summed E-state index contributed by atoms with van der Waals surface area (Å²) in [5.41, 5.74) is 2.01. The second kappa shape index (κ2) is 5.85. The molecule has 23 heavy (non-hydrogen) atoms. The molecule has 0 radical (unpaired) electrons. The van der Waals surface area contributed by atoms with Gasteiger partial charge in [-0.2, -0.15) is 0 Å². The highest BCUT2D eigenvalue weighted by Crippen LogP contribution is 2.36. The summed E-state index contributed by atoms with van der Waals surface area (Å²) >= 11 is 6.08. The van der Waals surface area contributed by atoms with E-state index in [9.17, 15) is 4.39 Å². The predicted molar refractivity (Wildman–Crippen MR) is 86.1 cm³/mol. The summed E-state index contributed by atoms with van der Waals surface area (Å²) in [5.74, 6) is -0.355. The average molecular weight is 336 g/mol. The lowest BCUT2D eigenvalue weighted by atomic mass is 9.87. The fraction of sp³-hybridized carbons (Fsp3) is 0.500. The maximum atomic E-state index is 13.1. The van der Waals surface area contributed by atoms with Crippen molar-refractivity contribution in [2.75, 3.05) is 26.2 Å². The van der Waals surface area contributed by atoms with E-state index in [0.717, 1.165) is 38.4 Å². The van der Waals surface area contributed by atoms with Gasteiger partial charge in [0.05, 0.1) is 22.6 Å².